The van der Waals surface area contributed by atoms with Crippen LogP contribution in [-0.2, 0) is 10.0 Å². The molecule has 0 unspecified atom stereocenters. The highest BCUT2D eigenvalue weighted by Gasteiger charge is 2.34. The highest BCUT2D eigenvalue weighted by Crippen LogP contribution is 2.26. The maximum Gasteiger partial charge on any atom is 0.214 e. The molecule has 1 saturated carbocycles. The molecule has 0 spiro atoms. The average Bonchev–Trinajstić information content (AvgIpc) is 3.07. The van der Waals surface area contributed by atoms with Crippen molar-refractivity contribution in [3.63, 3.8) is 0 Å². The van der Waals surface area contributed by atoms with Crippen LogP contribution in [0.15, 0.2) is 0 Å². The lowest BCUT2D eigenvalue weighted by atomic mass is 10.0. The molecular formula is C13H26N2O2S. The minimum Gasteiger partial charge on any atom is -0.314 e. The number of hydrogen-bond acceptors (Lipinski definition) is 3. The summed E-state index contributed by atoms with van der Waals surface area (Å²) in [6.45, 7) is 4.91. The second-order valence-electron chi connectivity index (χ2n) is 5.86. The summed E-state index contributed by atoms with van der Waals surface area (Å²) in [6, 6.07) is 1.02. The van der Waals surface area contributed by atoms with Crippen LogP contribution < -0.4 is 5.32 Å². The van der Waals surface area contributed by atoms with Crippen LogP contribution in [0.5, 0.6) is 0 Å². The number of piperidine rings is 1. The number of nitrogens with zero attached hydrogens (tertiary/aromatic N) is 1. The Morgan fingerprint density at radius 1 is 1.11 bits per heavy atom. The van der Waals surface area contributed by atoms with Gasteiger partial charge in [-0.3, -0.25) is 0 Å². The Morgan fingerprint density at radius 3 is 2.28 bits per heavy atom. The number of rotatable bonds is 6. The van der Waals surface area contributed by atoms with E-state index in [0.29, 0.717) is 11.8 Å². The summed E-state index contributed by atoms with van der Waals surface area (Å²) < 4.78 is 26.5. The Balaban J connectivity index is 1.83. The van der Waals surface area contributed by atoms with Crippen LogP contribution in [0.3, 0.4) is 0 Å². The van der Waals surface area contributed by atoms with E-state index in [4.69, 9.17) is 0 Å². The van der Waals surface area contributed by atoms with Crippen molar-refractivity contribution in [3.05, 3.63) is 0 Å². The summed E-state index contributed by atoms with van der Waals surface area (Å²) in [4.78, 5) is 0. The molecule has 106 valence electrons. The Morgan fingerprint density at radius 2 is 1.72 bits per heavy atom. The van der Waals surface area contributed by atoms with Crippen molar-refractivity contribution in [2.45, 2.75) is 70.5 Å². The van der Waals surface area contributed by atoms with Crippen molar-refractivity contribution in [1.82, 2.24) is 9.62 Å². The van der Waals surface area contributed by atoms with Crippen molar-refractivity contribution >= 4 is 10.0 Å². The lowest BCUT2D eigenvalue weighted by Crippen LogP contribution is -2.48. The predicted octanol–water partition coefficient (Wildman–Crippen LogP) is 1.72. The predicted molar refractivity (Wildman–Crippen MR) is 74.0 cm³/mol. The second-order valence-corrected chi connectivity index (χ2v) is 7.85. The standard InChI is InChI=1S/C13H26N2O2S/c1-11-5-3-6-12(2)15(11)18(16,17)10-4-9-14-13-7-8-13/h11-14H,3-10H2,1-2H3/t11-,12+. The van der Waals surface area contributed by atoms with E-state index >= 15 is 0 Å². The fourth-order valence-corrected chi connectivity index (χ4v) is 4.93. The highest BCUT2D eigenvalue weighted by atomic mass is 32.2. The van der Waals surface area contributed by atoms with E-state index in [0.717, 1.165) is 32.2 Å². The molecule has 2 fully saturated rings. The van der Waals surface area contributed by atoms with Gasteiger partial charge in [0.1, 0.15) is 0 Å². The molecule has 2 rings (SSSR count). The number of hydrogen-bond donors (Lipinski definition) is 1. The summed E-state index contributed by atoms with van der Waals surface area (Å²) in [5.74, 6) is 0.293. The van der Waals surface area contributed by atoms with E-state index in [1.807, 2.05) is 13.8 Å². The third-order valence-electron chi connectivity index (χ3n) is 4.02. The molecule has 1 heterocycles. The zero-order chi connectivity index (χ0) is 13.2. The van der Waals surface area contributed by atoms with Crippen LogP contribution in [0.25, 0.3) is 0 Å². The van der Waals surface area contributed by atoms with Crippen molar-refractivity contribution in [2.75, 3.05) is 12.3 Å². The van der Waals surface area contributed by atoms with Gasteiger partial charge in [0.05, 0.1) is 5.75 Å². The second kappa shape index (κ2) is 5.88. The Kier molecular flexibility index (Phi) is 4.67. The Hall–Kier alpha value is -0.130. The third kappa shape index (κ3) is 3.68. The SMILES string of the molecule is C[C@@H]1CCC[C@H](C)N1S(=O)(=O)CCCNC1CC1. The number of sulfonamides is 1. The first-order chi connectivity index (χ1) is 8.50. The summed E-state index contributed by atoms with van der Waals surface area (Å²) in [6.07, 6.45) is 6.40. The van der Waals surface area contributed by atoms with Gasteiger partial charge in [0.15, 0.2) is 0 Å². The minimum absolute atomic E-state index is 0.176. The molecule has 1 aliphatic carbocycles. The molecule has 0 amide bonds. The lowest BCUT2D eigenvalue weighted by molar-refractivity contribution is 0.204. The first-order valence-electron chi connectivity index (χ1n) is 7.25. The topological polar surface area (TPSA) is 49.4 Å². The maximum atomic E-state index is 12.4. The minimum atomic E-state index is -3.07. The van der Waals surface area contributed by atoms with E-state index in [9.17, 15) is 8.42 Å². The monoisotopic (exact) mass is 274 g/mol. The Labute approximate surface area is 111 Å². The van der Waals surface area contributed by atoms with Crippen molar-refractivity contribution in [3.8, 4) is 0 Å². The van der Waals surface area contributed by atoms with Gasteiger partial charge in [-0.25, -0.2) is 8.42 Å². The third-order valence-corrected chi connectivity index (χ3v) is 6.19. The van der Waals surface area contributed by atoms with E-state index < -0.39 is 10.0 Å². The van der Waals surface area contributed by atoms with E-state index in [2.05, 4.69) is 5.32 Å². The molecule has 0 aromatic rings. The molecule has 18 heavy (non-hydrogen) atoms. The van der Waals surface area contributed by atoms with Gasteiger partial charge in [-0.2, -0.15) is 4.31 Å². The molecular weight excluding hydrogens is 248 g/mol. The summed E-state index contributed by atoms with van der Waals surface area (Å²) in [5, 5.41) is 3.37. The summed E-state index contributed by atoms with van der Waals surface area (Å²) in [5.41, 5.74) is 0. The van der Waals surface area contributed by atoms with Crippen molar-refractivity contribution in [2.24, 2.45) is 0 Å². The van der Waals surface area contributed by atoms with E-state index in [1.165, 1.54) is 12.8 Å². The zero-order valence-corrected chi connectivity index (χ0v) is 12.4. The van der Waals surface area contributed by atoms with Crippen LogP contribution in [-0.4, -0.2) is 43.1 Å². The number of nitrogens with one attached hydrogen (secondary N) is 1. The lowest BCUT2D eigenvalue weighted by Gasteiger charge is -2.37. The first kappa shape index (κ1) is 14.3. The zero-order valence-electron chi connectivity index (χ0n) is 11.6. The molecule has 1 saturated heterocycles. The van der Waals surface area contributed by atoms with Gasteiger partial charge in [-0.1, -0.05) is 6.42 Å². The molecule has 2 atom stereocenters. The highest BCUT2D eigenvalue weighted by molar-refractivity contribution is 7.89. The molecule has 0 radical (unpaired) electrons. The van der Waals surface area contributed by atoms with Gasteiger partial charge < -0.3 is 5.32 Å². The molecule has 1 N–H and O–H groups in total. The average molecular weight is 274 g/mol. The molecule has 4 nitrogen and oxygen atoms in total. The van der Waals surface area contributed by atoms with Crippen LogP contribution >= 0.6 is 0 Å². The molecule has 2 aliphatic rings. The smallest absolute Gasteiger partial charge is 0.214 e. The Bertz CT molecular complexity index is 355. The fraction of sp³-hybridized carbons (Fsp3) is 1.00. The molecule has 1 aliphatic heterocycles. The van der Waals surface area contributed by atoms with Crippen LogP contribution in [0.4, 0.5) is 0 Å². The van der Waals surface area contributed by atoms with Gasteiger partial charge in [0.2, 0.25) is 10.0 Å². The van der Waals surface area contributed by atoms with Crippen molar-refractivity contribution < 1.29 is 8.42 Å². The molecule has 0 bridgehead atoms. The van der Waals surface area contributed by atoms with Gasteiger partial charge in [0, 0.05) is 18.1 Å². The van der Waals surface area contributed by atoms with Gasteiger partial charge in [-0.15, -0.1) is 0 Å². The largest absolute Gasteiger partial charge is 0.314 e. The normalized spacial score (nSPS) is 30.6. The quantitative estimate of drug-likeness (QED) is 0.750. The van der Waals surface area contributed by atoms with Crippen molar-refractivity contribution in [1.29, 1.82) is 0 Å². The van der Waals surface area contributed by atoms with Crippen LogP contribution in [0.2, 0.25) is 0 Å². The van der Waals surface area contributed by atoms with Crippen LogP contribution in [0.1, 0.15) is 52.4 Å². The summed E-state index contributed by atoms with van der Waals surface area (Å²) in [7, 11) is -3.07. The fourth-order valence-electron chi connectivity index (χ4n) is 2.90. The maximum absolute atomic E-state index is 12.4. The first-order valence-corrected chi connectivity index (χ1v) is 8.86. The van der Waals surface area contributed by atoms with E-state index in [1.54, 1.807) is 4.31 Å². The van der Waals surface area contributed by atoms with E-state index in [-0.39, 0.29) is 12.1 Å². The molecule has 0 aromatic carbocycles. The molecule has 0 aromatic heterocycles. The van der Waals surface area contributed by atoms with Crippen LogP contribution in [0, 0.1) is 0 Å². The van der Waals surface area contributed by atoms with Gasteiger partial charge in [0.25, 0.3) is 0 Å². The van der Waals surface area contributed by atoms with Gasteiger partial charge >= 0.3 is 0 Å². The van der Waals surface area contributed by atoms with Gasteiger partial charge in [-0.05, 0) is 52.5 Å². The molecule has 5 heteroatoms. The summed E-state index contributed by atoms with van der Waals surface area (Å²) >= 11 is 0.